The average Bonchev–Trinajstić information content (AvgIpc) is 2.93. The van der Waals surface area contributed by atoms with Gasteiger partial charge in [0.1, 0.15) is 23.3 Å². The lowest BCUT2D eigenvalue weighted by atomic mass is 9.85. The molecule has 2 heterocycles. The van der Waals surface area contributed by atoms with Crippen LogP contribution >= 0.6 is 0 Å². The molecule has 0 amide bonds. The van der Waals surface area contributed by atoms with Crippen LogP contribution in [0.2, 0.25) is 0 Å². The van der Waals surface area contributed by atoms with Gasteiger partial charge in [0.05, 0.1) is 24.0 Å². The highest BCUT2D eigenvalue weighted by Crippen LogP contribution is 2.43. The minimum Gasteiger partial charge on any atom is -0.494 e. The largest absolute Gasteiger partial charge is 0.494 e. The van der Waals surface area contributed by atoms with Crippen LogP contribution in [0.4, 0.5) is 0 Å². The summed E-state index contributed by atoms with van der Waals surface area (Å²) in [5.74, 6) is 0.669. The quantitative estimate of drug-likeness (QED) is 0.128. The van der Waals surface area contributed by atoms with Crippen LogP contribution in [-0.2, 0) is 4.79 Å². The minimum absolute atomic E-state index is 0.107. The molecule has 0 radical (unpaired) electrons. The highest BCUT2D eigenvalue weighted by atomic mass is 16.5. The molecule has 190 valence electrons. The molecule has 5 heteroatoms. The third-order valence-corrected chi connectivity index (χ3v) is 7.02. The average molecular weight is 497 g/mol. The molecule has 0 saturated carbocycles. The van der Waals surface area contributed by atoms with Gasteiger partial charge < -0.3 is 13.9 Å². The molecule has 0 aliphatic carbocycles. The van der Waals surface area contributed by atoms with Crippen molar-refractivity contribution in [3.63, 3.8) is 0 Å². The molecule has 0 unspecified atom stereocenters. The van der Waals surface area contributed by atoms with E-state index in [-0.39, 0.29) is 23.7 Å². The second kappa shape index (κ2) is 11.5. The summed E-state index contributed by atoms with van der Waals surface area (Å²) in [6, 6.07) is 20.7. The second-order valence-corrected chi connectivity index (χ2v) is 9.61. The molecule has 0 saturated heterocycles. The van der Waals surface area contributed by atoms with E-state index in [0.717, 1.165) is 28.9 Å². The Kier molecular flexibility index (Phi) is 7.69. The Morgan fingerprint density at radius 3 is 2.41 bits per heavy atom. The molecule has 0 bridgehead atoms. The SMILES string of the molecule is CCCCCCCCOc1ccc([C@H]2CC(=O)Oc3ccc4c(=O)c(-c5ccccc5)coc4c32)cc1. The van der Waals surface area contributed by atoms with E-state index in [1.54, 1.807) is 12.1 Å². The molecular formula is C32H32O5. The van der Waals surface area contributed by atoms with E-state index < -0.39 is 0 Å². The van der Waals surface area contributed by atoms with Crippen LogP contribution in [0, 0.1) is 0 Å². The summed E-state index contributed by atoms with van der Waals surface area (Å²) >= 11 is 0. The molecule has 1 aromatic heterocycles. The number of ether oxygens (including phenoxy) is 2. The summed E-state index contributed by atoms with van der Waals surface area (Å²) < 4.78 is 17.6. The molecule has 1 atom stereocenters. The lowest BCUT2D eigenvalue weighted by Gasteiger charge is -2.25. The van der Waals surface area contributed by atoms with Gasteiger partial charge in [0, 0.05) is 11.5 Å². The topological polar surface area (TPSA) is 65.7 Å². The van der Waals surface area contributed by atoms with Crippen molar-refractivity contribution in [3.8, 4) is 22.6 Å². The van der Waals surface area contributed by atoms with Gasteiger partial charge in [-0.25, -0.2) is 0 Å². The van der Waals surface area contributed by atoms with E-state index in [0.29, 0.717) is 28.9 Å². The molecule has 0 spiro atoms. The normalized spacial score (nSPS) is 14.8. The Labute approximate surface area is 217 Å². The Hall–Kier alpha value is -3.86. The van der Waals surface area contributed by atoms with Crippen molar-refractivity contribution in [2.75, 3.05) is 6.61 Å². The lowest BCUT2D eigenvalue weighted by molar-refractivity contribution is -0.135. The molecule has 3 aromatic carbocycles. The van der Waals surface area contributed by atoms with Crippen LogP contribution in [0.25, 0.3) is 22.1 Å². The lowest BCUT2D eigenvalue weighted by Crippen LogP contribution is -2.22. The number of carbonyl (C=O) groups excluding carboxylic acids is 1. The van der Waals surface area contributed by atoms with Gasteiger partial charge in [-0.05, 0) is 41.8 Å². The first-order chi connectivity index (χ1) is 18.2. The number of esters is 1. The Morgan fingerprint density at radius 2 is 1.62 bits per heavy atom. The third-order valence-electron chi connectivity index (χ3n) is 7.02. The van der Waals surface area contributed by atoms with E-state index in [4.69, 9.17) is 13.9 Å². The maximum Gasteiger partial charge on any atom is 0.312 e. The summed E-state index contributed by atoms with van der Waals surface area (Å²) in [5.41, 5.74) is 3.34. The number of carbonyl (C=O) groups is 1. The van der Waals surface area contributed by atoms with Crippen molar-refractivity contribution in [2.24, 2.45) is 0 Å². The van der Waals surface area contributed by atoms with E-state index in [1.165, 1.54) is 38.4 Å². The summed E-state index contributed by atoms with van der Waals surface area (Å²) in [6.45, 7) is 2.92. The first-order valence-electron chi connectivity index (χ1n) is 13.2. The van der Waals surface area contributed by atoms with E-state index in [2.05, 4.69) is 6.92 Å². The zero-order chi connectivity index (χ0) is 25.6. The summed E-state index contributed by atoms with van der Waals surface area (Å²) in [7, 11) is 0. The maximum absolute atomic E-state index is 13.4. The molecule has 5 rings (SSSR count). The first-order valence-corrected chi connectivity index (χ1v) is 13.2. The fourth-order valence-corrected chi connectivity index (χ4v) is 5.03. The number of hydrogen-bond acceptors (Lipinski definition) is 5. The highest BCUT2D eigenvalue weighted by Gasteiger charge is 2.32. The van der Waals surface area contributed by atoms with Gasteiger partial charge in [-0.3, -0.25) is 9.59 Å². The zero-order valence-electron chi connectivity index (χ0n) is 21.2. The van der Waals surface area contributed by atoms with Crippen molar-refractivity contribution in [1.82, 2.24) is 0 Å². The summed E-state index contributed by atoms with van der Waals surface area (Å²) in [6.07, 6.45) is 9.01. The van der Waals surface area contributed by atoms with Gasteiger partial charge in [-0.15, -0.1) is 0 Å². The van der Waals surface area contributed by atoms with Crippen LogP contribution in [0.3, 0.4) is 0 Å². The Morgan fingerprint density at radius 1 is 0.865 bits per heavy atom. The van der Waals surface area contributed by atoms with E-state index in [9.17, 15) is 9.59 Å². The second-order valence-electron chi connectivity index (χ2n) is 9.61. The summed E-state index contributed by atoms with van der Waals surface area (Å²) in [4.78, 5) is 25.8. The number of benzene rings is 3. The predicted octanol–water partition coefficient (Wildman–Crippen LogP) is 7.64. The Bertz CT molecular complexity index is 1420. The summed E-state index contributed by atoms with van der Waals surface area (Å²) in [5, 5.41) is 0.474. The molecular weight excluding hydrogens is 464 g/mol. The van der Waals surface area contributed by atoms with Crippen LogP contribution < -0.4 is 14.9 Å². The molecule has 0 N–H and O–H groups in total. The Balaban J connectivity index is 1.39. The van der Waals surface area contributed by atoms with Crippen LogP contribution in [-0.4, -0.2) is 12.6 Å². The van der Waals surface area contributed by atoms with Crippen LogP contribution in [0.15, 0.2) is 82.2 Å². The number of hydrogen-bond donors (Lipinski definition) is 0. The van der Waals surface area contributed by atoms with Gasteiger partial charge in [0.15, 0.2) is 0 Å². The zero-order valence-corrected chi connectivity index (χ0v) is 21.2. The van der Waals surface area contributed by atoms with Crippen molar-refractivity contribution in [2.45, 2.75) is 57.8 Å². The van der Waals surface area contributed by atoms with Gasteiger partial charge in [0.2, 0.25) is 5.43 Å². The van der Waals surface area contributed by atoms with Gasteiger partial charge >= 0.3 is 5.97 Å². The fourth-order valence-electron chi connectivity index (χ4n) is 5.03. The predicted molar refractivity (Wildman–Crippen MR) is 145 cm³/mol. The third kappa shape index (κ3) is 5.46. The monoisotopic (exact) mass is 496 g/mol. The number of unbranched alkanes of at least 4 members (excludes halogenated alkanes) is 5. The van der Waals surface area contributed by atoms with Gasteiger partial charge in [-0.2, -0.15) is 0 Å². The first kappa shape index (κ1) is 24.8. The van der Waals surface area contributed by atoms with Crippen molar-refractivity contribution in [3.05, 3.63) is 94.3 Å². The fraction of sp³-hybridized carbons (Fsp3) is 0.312. The van der Waals surface area contributed by atoms with Gasteiger partial charge in [0.25, 0.3) is 0 Å². The molecule has 4 aromatic rings. The van der Waals surface area contributed by atoms with Crippen LogP contribution in [0.1, 0.15) is 68.9 Å². The smallest absolute Gasteiger partial charge is 0.312 e. The van der Waals surface area contributed by atoms with Gasteiger partial charge in [-0.1, -0.05) is 81.5 Å². The molecule has 1 aliphatic rings. The van der Waals surface area contributed by atoms with E-state index >= 15 is 0 Å². The van der Waals surface area contributed by atoms with Crippen LogP contribution in [0.5, 0.6) is 11.5 Å². The maximum atomic E-state index is 13.4. The number of rotatable bonds is 10. The molecule has 5 nitrogen and oxygen atoms in total. The minimum atomic E-state index is -0.302. The molecule has 1 aliphatic heterocycles. The standard InChI is InChI=1S/C32H32O5/c1-2-3-4-5-6-10-19-35-24-15-13-23(14-16-24)26-20-29(33)37-28-18-17-25-31(34)27(21-36-32(25)30(26)28)22-11-8-7-9-12-22/h7-9,11-18,21,26H,2-6,10,19-20H2,1H3/t26-/m1/s1. The molecule has 37 heavy (non-hydrogen) atoms. The highest BCUT2D eigenvalue weighted by molar-refractivity contribution is 5.90. The van der Waals surface area contributed by atoms with Crippen molar-refractivity contribution in [1.29, 1.82) is 0 Å². The molecule has 0 fully saturated rings. The van der Waals surface area contributed by atoms with Crippen molar-refractivity contribution < 1.29 is 18.7 Å². The van der Waals surface area contributed by atoms with Crippen molar-refractivity contribution >= 4 is 16.9 Å². The van der Waals surface area contributed by atoms with E-state index in [1.807, 2.05) is 54.6 Å². The number of fused-ring (bicyclic) bond motifs is 3.